The predicted molar refractivity (Wildman–Crippen MR) is 61.6 cm³/mol. The second-order valence-electron chi connectivity index (χ2n) is 4.12. The van der Waals surface area contributed by atoms with Crippen LogP contribution in [-0.4, -0.2) is 53.1 Å². The third-order valence-electron chi connectivity index (χ3n) is 2.89. The summed E-state index contributed by atoms with van der Waals surface area (Å²) in [5.41, 5.74) is 0.114. The van der Waals surface area contributed by atoms with Gasteiger partial charge in [0.25, 0.3) is 0 Å². The number of piperazine rings is 1. The predicted octanol–water partition coefficient (Wildman–Crippen LogP) is 0.559. The molecule has 2 rings (SSSR count). The van der Waals surface area contributed by atoms with Gasteiger partial charge in [-0.1, -0.05) is 0 Å². The van der Waals surface area contributed by atoms with E-state index in [1.54, 1.807) is 4.90 Å². The highest BCUT2D eigenvalue weighted by Gasteiger charge is 2.43. The van der Waals surface area contributed by atoms with Crippen LogP contribution in [0, 0.1) is 11.3 Å². The van der Waals surface area contributed by atoms with Crippen molar-refractivity contribution in [3.8, 4) is 6.07 Å². The van der Waals surface area contributed by atoms with Crippen LogP contribution in [0.2, 0.25) is 0 Å². The lowest BCUT2D eigenvalue weighted by atomic mass is 10.3. The molecular formula is C11H10F3N5O. The van der Waals surface area contributed by atoms with Crippen LogP contribution in [0.1, 0.15) is 5.69 Å². The Balaban J connectivity index is 2.05. The molecule has 1 saturated heterocycles. The first-order chi connectivity index (χ1) is 9.43. The lowest BCUT2D eigenvalue weighted by Crippen LogP contribution is -2.52. The second kappa shape index (κ2) is 5.32. The lowest BCUT2D eigenvalue weighted by molar-refractivity contribution is -0.185. The average molecular weight is 284 g/mol. The molecule has 1 amide bonds. The number of alkyl halides is 3. The van der Waals surface area contributed by atoms with Crippen LogP contribution in [0.3, 0.4) is 0 Å². The molecule has 1 aromatic heterocycles. The van der Waals surface area contributed by atoms with Crippen molar-refractivity contribution in [3.63, 3.8) is 0 Å². The van der Waals surface area contributed by atoms with Crippen LogP contribution in [0.5, 0.6) is 0 Å². The lowest BCUT2D eigenvalue weighted by Gasteiger charge is -2.35. The van der Waals surface area contributed by atoms with Gasteiger partial charge in [-0.3, -0.25) is 4.79 Å². The summed E-state index contributed by atoms with van der Waals surface area (Å²) in [5, 5.41) is 8.90. The number of hydrogen-bond acceptors (Lipinski definition) is 5. The molecule has 0 atom stereocenters. The fourth-order valence-corrected chi connectivity index (χ4v) is 1.94. The molecule has 2 heterocycles. The van der Waals surface area contributed by atoms with Gasteiger partial charge in [-0.15, -0.1) is 0 Å². The van der Waals surface area contributed by atoms with Gasteiger partial charge in [0.1, 0.15) is 6.07 Å². The zero-order valence-corrected chi connectivity index (χ0v) is 10.3. The van der Waals surface area contributed by atoms with E-state index >= 15 is 0 Å². The maximum absolute atomic E-state index is 12.3. The molecule has 0 aromatic carbocycles. The van der Waals surface area contributed by atoms with E-state index in [0.717, 1.165) is 4.90 Å². The zero-order chi connectivity index (χ0) is 14.8. The maximum atomic E-state index is 12.3. The van der Waals surface area contributed by atoms with Crippen molar-refractivity contribution in [2.24, 2.45) is 0 Å². The van der Waals surface area contributed by atoms with E-state index in [2.05, 4.69) is 9.97 Å². The molecule has 0 saturated carbocycles. The molecule has 1 fully saturated rings. The largest absolute Gasteiger partial charge is 0.471 e. The molecule has 0 spiro atoms. The van der Waals surface area contributed by atoms with Gasteiger partial charge in [-0.2, -0.15) is 18.4 Å². The van der Waals surface area contributed by atoms with Crippen molar-refractivity contribution >= 4 is 11.7 Å². The minimum atomic E-state index is -4.85. The molecule has 0 N–H and O–H groups in total. The molecule has 0 aliphatic carbocycles. The Morgan fingerprint density at radius 2 is 1.80 bits per heavy atom. The number of carbonyl (C=O) groups excluding carboxylic acids is 1. The normalized spacial score (nSPS) is 15.9. The highest BCUT2D eigenvalue weighted by atomic mass is 19.3. The molecule has 1 aliphatic heterocycles. The molecule has 20 heavy (non-hydrogen) atoms. The minimum absolute atomic E-state index is 0.0697. The van der Waals surface area contributed by atoms with Crippen molar-refractivity contribution in [3.05, 3.63) is 18.1 Å². The first kappa shape index (κ1) is 14.0. The van der Waals surface area contributed by atoms with Gasteiger partial charge in [-0.25, -0.2) is 9.97 Å². The van der Waals surface area contributed by atoms with E-state index in [1.165, 1.54) is 12.4 Å². The van der Waals surface area contributed by atoms with Crippen LogP contribution >= 0.6 is 0 Å². The van der Waals surface area contributed by atoms with Crippen molar-refractivity contribution in [1.29, 1.82) is 5.26 Å². The zero-order valence-electron chi connectivity index (χ0n) is 10.3. The SMILES string of the molecule is N#Cc1nccnc1N1CCN(C(=O)C(F)(F)[18F])CC1. The Hall–Kier alpha value is -2.37. The van der Waals surface area contributed by atoms with Gasteiger partial charge < -0.3 is 9.80 Å². The van der Waals surface area contributed by atoms with Crippen LogP contribution in [0.4, 0.5) is 19.0 Å². The highest BCUT2D eigenvalue weighted by molar-refractivity contribution is 5.82. The summed E-state index contributed by atoms with van der Waals surface area (Å²) in [4.78, 5) is 21.3. The first-order valence-corrected chi connectivity index (χ1v) is 5.75. The molecule has 0 unspecified atom stereocenters. The molecule has 6 nitrogen and oxygen atoms in total. The molecule has 0 radical (unpaired) electrons. The molecule has 1 aromatic rings. The van der Waals surface area contributed by atoms with E-state index in [-0.39, 0.29) is 31.9 Å². The Labute approximate surface area is 112 Å². The van der Waals surface area contributed by atoms with Gasteiger partial charge in [0.15, 0.2) is 11.5 Å². The van der Waals surface area contributed by atoms with Crippen molar-refractivity contribution in [2.45, 2.75) is 6.18 Å². The summed E-state index contributed by atoms with van der Waals surface area (Å²) in [6.07, 6.45) is -2.08. The van der Waals surface area contributed by atoms with Gasteiger partial charge in [0.05, 0.1) is 0 Å². The van der Waals surface area contributed by atoms with E-state index in [4.69, 9.17) is 5.26 Å². The maximum Gasteiger partial charge on any atom is 0.471 e. The van der Waals surface area contributed by atoms with Gasteiger partial charge >= 0.3 is 12.1 Å². The Kier molecular flexibility index (Phi) is 3.74. The number of halogens is 3. The molecule has 1 aliphatic rings. The van der Waals surface area contributed by atoms with Crippen molar-refractivity contribution in [1.82, 2.24) is 14.9 Å². The second-order valence-corrected chi connectivity index (χ2v) is 4.12. The summed E-state index contributed by atoms with van der Waals surface area (Å²) in [7, 11) is 0. The third-order valence-corrected chi connectivity index (χ3v) is 2.89. The van der Waals surface area contributed by atoms with E-state index < -0.39 is 12.1 Å². The molecule has 9 heteroatoms. The van der Waals surface area contributed by atoms with Crippen molar-refractivity contribution < 1.29 is 18.0 Å². The van der Waals surface area contributed by atoms with Gasteiger partial charge in [-0.05, 0) is 0 Å². The molecule has 0 bridgehead atoms. The fraction of sp³-hybridized carbons (Fsp3) is 0.455. The number of aromatic nitrogens is 2. The summed E-state index contributed by atoms with van der Waals surface area (Å²) >= 11 is 0. The summed E-state index contributed by atoms with van der Waals surface area (Å²) in [6, 6.07) is 1.88. The number of carbonyl (C=O) groups is 1. The van der Waals surface area contributed by atoms with Crippen LogP contribution in [0.15, 0.2) is 12.4 Å². The number of amides is 1. The number of nitrogens with zero attached hydrogens (tertiary/aromatic N) is 5. The Morgan fingerprint density at radius 3 is 2.35 bits per heavy atom. The topological polar surface area (TPSA) is 73.1 Å². The minimum Gasteiger partial charge on any atom is -0.351 e. The number of anilines is 1. The van der Waals surface area contributed by atoms with E-state index in [0.29, 0.717) is 5.82 Å². The summed E-state index contributed by atoms with van der Waals surface area (Å²) in [6.45, 7) is 0.212. The molecular weight excluding hydrogens is 274 g/mol. The Bertz CT molecular complexity index is 546. The summed E-state index contributed by atoms with van der Waals surface area (Å²) in [5.74, 6) is -1.51. The smallest absolute Gasteiger partial charge is 0.351 e. The third kappa shape index (κ3) is 2.79. The summed E-state index contributed by atoms with van der Waals surface area (Å²) < 4.78 is 36.9. The quantitative estimate of drug-likeness (QED) is 0.753. The van der Waals surface area contributed by atoms with Crippen LogP contribution < -0.4 is 4.90 Å². The van der Waals surface area contributed by atoms with E-state index in [1.807, 2.05) is 6.07 Å². The number of nitriles is 1. The first-order valence-electron chi connectivity index (χ1n) is 5.75. The monoisotopic (exact) mass is 284 g/mol. The van der Waals surface area contributed by atoms with Gasteiger partial charge in [0.2, 0.25) is 0 Å². The fourth-order valence-electron chi connectivity index (χ4n) is 1.94. The van der Waals surface area contributed by atoms with Crippen LogP contribution in [-0.2, 0) is 4.79 Å². The standard InChI is InChI=1S/C11H10F3N5O/c12-11(13,14)10(20)19-5-3-18(4-6-19)9-8(7-15)16-1-2-17-9/h1-2H,3-6H2/i12-1. The molecule has 106 valence electrons. The van der Waals surface area contributed by atoms with E-state index in [9.17, 15) is 18.0 Å². The number of rotatable bonds is 1. The average Bonchev–Trinajstić information content (AvgIpc) is 2.45. The Morgan fingerprint density at radius 1 is 1.20 bits per heavy atom. The number of hydrogen-bond donors (Lipinski definition) is 0. The highest BCUT2D eigenvalue weighted by Crippen LogP contribution is 2.21. The van der Waals surface area contributed by atoms with Crippen LogP contribution in [0.25, 0.3) is 0 Å². The van der Waals surface area contributed by atoms with Gasteiger partial charge in [0, 0.05) is 38.6 Å². The van der Waals surface area contributed by atoms with Crippen molar-refractivity contribution in [2.75, 3.05) is 31.1 Å².